The summed E-state index contributed by atoms with van der Waals surface area (Å²) in [4.78, 5) is 24.5. The van der Waals surface area contributed by atoms with E-state index in [-0.39, 0.29) is 48.2 Å². The molecular weight excluding hydrogens is 450 g/mol. The number of ether oxygens (including phenoxy) is 4. The molecule has 1 spiro atoms. The molecule has 9 heteroatoms. The lowest BCUT2D eigenvalue weighted by Gasteiger charge is -2.42. The molecule has 0 aromatic carbocycles. The van der Waals surface area contributed by atoms with Crippen molar-refractivity contribution in [2.45, 2.75) is 102 Å². The van der Waals surface area contributed by atoms with Gasteiger partial charge in [0.2, 0.25) is 5.91 Å². The molecule has 1 saturated carbocycles. The van der Waals surface area contributed by atoms with Crippen LogP contribution in [0.5, 0.6) is 0 Å². The van der Waals surface area contributed by atoms with Crippen LogP contribution in [0.4, 0.5) is 4.79 Å². The van der Waals surface area contributed by atoms with E-state index < -0.39 is 12.2 Å². The van der Waals surface area contributed by atoms with Crippen LogP contribution in [0.3, 0.4) is 0 Å². The number of amides is 2. The van der Waals surface area contributed by atoms with E-state index in [4.69, 9.17) is 24.7 Å². The molecule has 0 aromatic rings. The van der Waals surface area contributed by atoms with Crippen LogP contribution in [0.2, 0.25) is 0 Å². The van der Waals surface area contributed by atoms with Crippen LogP contribution in [-0.4, -0.2) is 74.9 Å². The van der Waals surface area contributed by atoms with E-state index in [9.17, 15) is 9.59 Å². The predicted molar refractivity (Wildman–Crippen MR) is 133 cm³/mol. The molecule has 2 heterocycles. The quantitative estimate of drug-likeness (QED) is 0.192. The van der Waals surface area contributed by atoms with Crippen molar-refractivity contribution >= 4 is 12.0 Å². The van der Waals surface area contributed by atoms with E-state index in [0.29, 0.717) is 26.1 Å². The van der Waals surface area contributed by atoms with Crippen molar-refractivity contribution < 1.29 is 28.5 Å². The predicted octanol–water partition coefficient (Wildman–Crippen LogP) is 2.81. The number of methoxy groups -OCH3 is 1. The standard InChI is InChI=1S/C26H45N3O6/c1-18(2)9-10-20-25(3,35-20)23-22(32-4)19(11-13-26(23)17-33-26)34-24(31)29-16-12-21(30)28-15-8-6-5-7-14-27/h9,19-20,22-23H,5-8,10-17,27H2,1-4H3,(H,28,30)(H,29,31)/t19?,20-,22?,23?,25?,26+/m1/s1. The highest BCUT2D eigenvalue weighted by Gasteiger charge is 2.72. The third kappa shape index (κ3) is 7.41. The number of epoxide rings is 2. The Morgan fingerprint density at radius 3 is 2.54 bits per heavy atom. The first-order valence-electron chi connectivity index (χ1n) is 13.1. The number of nitrogens with one attached hydrogen (secondary N) is 2. The number of nitrogens with two attached hydrogens (primary N) is 1. The van der Waals surface area contributed by atoms with Gasteiger partial charge in [-0.2, -0.15) is 0 Å². The highest BCUT2D eigenvalue weighted by molar-refractivity contribution is 5.76. The van der Waals surface area contributed by atoms with Crippen molar-refractivity contribution in [1.82, 2.24) is 10.6 Å². The zero-order chi connectivity index (χ0) is 25.5. The number of carbonyl (C=O) groups is 2. The molecule has 4 unspecified atom stereocenters. The van der Waals surface area contributed by atoms with Crippen LogP contribution >= 0.6 is 0 Å². The van der Waals surface area contributed by atoms with Crippen LogP contribution in [0, 0.1) is 5.92 Å². The Morgan fingerprint density at radius 1 is 1.14 bits per heavy atom. The second-order valence-electron chi connectivity index (χ2n) is 10.6. The van der Waals surface area contributed by atoms with E-state index in [1.807, 2.05) is 0 Å². The molecule has 0 bridgehead atoms. The maximum Gasteiger partial charge on any atom is 0.407 e. The van der Waals surface area contributed by atoms with E-state index in [0.717, 1.165) is 38.5 Å². The van der Waals surface area contributed by atoms with E-state index in [2.05, 4.69) is 37.5 Å². The summed E-state index contributed by atoms with van der Waals surface area (Å²) in [6.45, 7) is 8.56. The van der Waals surface area contributed by atoms with Crippen molar-refractivity contribution in [2.75, 3.05) is 33.4 Å². The average molecular weight is 496 g/mol. The fraction of sp³-hybridized carbons (Fsp3) is 0.846. The third-order valence-electron chi connectivity index (χ3n) is 7.57. The SMILES string of the molecule is COC1C(OC(=O)NCCC(=O)NCCCCCCN)CC[C@]2(CO2)C1C1(C)O[C@@H]1CC=C(C)C. The summed E-state index contributed by atoms with van der Waals surface area (Å²) in [6.07, 6.45) is 7.68. The Bertz CT molecular complexity index is 751. The van der Waals surface area contributed by atoms with Gasteiger partial charge in [0.1, 0.15) is 23.4 Å². The summed E-state index contributed by atoms with van der Waals surface area (Å²) >= 11 is 0. The van der Waals surface area contributed by atoms with Gasteiger partial charge >= 0.3 is 6.09 Å². The Labute approximate surface area is 209 Å². The Morgan fingerprint density at radius 2 is 1.89 bits per heavy atom. The third-order valence-corrected chi connectivity index (χ3v) is 7.57. The Balaban J connectivity index is 1.44. The number of rotatable bonds is 14. The zero-order valence-corrected chi connectivity index (χ0v) is 21.9. The number of carbonyl (C=O) groups excluding carboxylic acids is 2. The zero-order valence-electron chi connectivity index (χ0n) is 21.9. The molecule has 35 heavy (non-hydrogen) atoms. The number of hydrogen-bond acceptors (Lipinski definition) is 7. The number of alkyl carbamates (subject to hydrolysis) is 1. The van der Waals surface area contributed by atoms with E-state index in [1.54, 1.807) is 7.11 Å². The number of allylic oxidation sites excluding steroid dienone is 1. The summed E-state index contributed by atoms with van der Waals surface area (Å²) in [5, 5.41) is 5.59. The van der Waals surface area contributed by atoms with Gasteiger partial charge in [0.05, 0.1) is 18.6 Å². The summed E-state index contributed by atoms with van der Waals surface area (Å²) in [5.41, 5.74) is 6.12. The largest absolute Gasteiger partial charge is 0.443 e. The minimum atomic E-state index is -0.527. The maximum atomic E-state index is 12.5. The molecular formula is C26H45N3O6. The summed E-state index contributed by atoms with van der Waals surface area (Å²) in [6, 6.07) is 0. The molecule has 3 aliphatic rings. The highest BCUT2D eigenvalue weighted by atomic mass is 16.6. The van der Waals surface area contributed by atoms with Crippen LogP contribution in [0.25, 0.3) is 0 Å². The molecule has 9 nitrogen and oxygen atoms in total. The monoisotopic (exact) mass is 495 g/mol. The number of unbranched alkanes of at least 4 members (excludes halogenated alkanes) is 3. The van der Waals surface area contributed by atoms with Crippen molar-refractivity contribution in [1.29, 1.82) is 0 Å². The average Bonchev–Trinajstić information content (AvgIpc) is 3.73. The molecule has 6 atom stereocenters. The van der Waals surface area contributed by atoms with Crippen molar-refractivity contribution in [3.05, 3.63) is 11.6 Å². The Hall–Kier alpha value is -1.68. The van der Waals surface area contributed by atoms with Crippen molar-refractivity contribution in [2.24, 2.45) is 11.7 Å². The van der Waals surface area contributed by atoms with Crippen LogP contribution in [-0.2, 0) is 23.7 Å². The second kappa shape index (κ2) is 12.5. The molecule has 200 valence electrons. The highest BCUT2D eigenvalue weighted by Crippen LogP contribution is 2.59. The minimum absolute atomic E-state index is 0.0160. The van der Waals surface area contributed by atoms with Crippen molar-refractivity contribution in [3.63, 3.8) is 0 Å². The summed E-state index contributed by atoms with van der Waals surface area (Å²) in [7, 11) is 1.66. The molecule has 2 aliphatic heterocycles. The molecule has 0 aromatic heterocycles. The molecule has 1 aliphatic carbocycles. The second-order valence-corrected chi connectivity index (χ2v) is 10.6. The van der Waals surface area contributed by atoms with E-state index >= 15 is 0 Å². The molecule has 2 saturated heterocycles. The van der Waals surface area contributed by atoms with Crippen LogP contribution in [0.1, 0.15) is 72.1 Å². The Kier molecular flexibility index (Phi) is 9.98. The smallest absolute Gasteiger partial charge is 0.407 e. The van der Waals surface area contributed by atoms with Gasteiger partial charge in [-0.1, -0.05) is 24.5 Å². The molecule has 4 N–H and O–H groups in total. The van der Waals surface area contributed by atoms with Crippen LogP contribution < -0.4 is 16.4 Å². The number of hydrogen-bond donors (Lipinski definition) is 3. The minimum Gasteiger partial charge on any atom is -0.443 e. The van der Waals surface area contributed by atoms with Gasteiger partial charge < -0.3 is 35.3 Å². The summed E-state index contributed by atoms with van der Waals surface area (Å²) in [5.74, 6) is -0.0941. The molecule has 3 rings (SSSR count). The van der Waals surface area contributed by atoms with Gasteiger partial charge in [-0.15, -0.1) is 0 Å². The molecule has 0 radical (unpaired) electrons. The lowest BCUT2D eigenvalue weighted by Crippen LogP contribution is -2.56. The lowest BCUT2D eigenvalue weighted by atomic mass is 9.68. The topological polar surface area (TPSA) is 128 Å². The first-order chi connectivity index (χ1) is 16.8. The van der Waals surface area contributed by atoms with Gasteiger partial charge in [0.15, 0.2) is 0 Å². The van der Waals surface area contributed by atoms with Gasteiger partial charge in [0, 0.05) is 26.6 Å². The van der Waals surface area contributed by atoms with E-state index in [1.165, 1.54) is 5.57 Å². The normalized spacial score (nSPS) is 33.2. The maximum absolute atomic E-state index is 12.5. The molecule has 2 amide bonds. The van der Waals surface area contributed by atoms with Crippen LogP contribution in [0.15, 0.2) is 11.6 Å². The lowest BCUT2D eigenvalue weighted by molar-refractivity contribution is -0.121. The first kappa shape index (κ1) is 27.9. The van der Waals surface area contributed by atoms with Gasteiger partial charge in [-0.25, -0.2) is 4.79 Å². The summed E-state index contributed by atoms with van der Waals surface area (Å²) < 4.78 is 23.8. The molecule has 3 fully saturated rings. The van der Waals surface area contributed by atoms with Crippen molar-refractivity contribution in [3.8, 4) is 0 Å². The van der Waals surface area contributed by atoms with Gasteiger partial charge in [0.25, 0.3) is 0 Å². The van der Waals surface area contributed by atoms with Gasteiger partial charge in [-0.05, 0) is 59.4 Å². The first-order valence-corrected chi connectivity index (χ1v) is 13.1. The fourth-order valence-corrected chi connectivity index (χ4v) is 5.47. The fourth-order valence-electron chi connectivity index (χ4n) is 5.47. The van der Waals surface area contributed by atoms with Gasteiger partial charge in [-0.3, -0.25) is 4.79 Å².